The van der Waals surface area contributed by atoms with Crippen LogP contribution >= 0.6 is 0 Å². The molecule has 116 valence electrons. The van der Waals surface area contributed by atoms with Crippen LogP contribution in [0, 0.1) is 0 Å². The Morgan fingerprint density at radius 3 is 2.67 bits per heavy atom. The second kappa shape index (κ2) is 8.99. The van der Waals surface area contributed by atoms with Crippen molar-refractivity contribution in [1.29, 1.82) is 0 Å². The summed E-state index contributed by atoms with van der Waals surface area (Å²) in [5.74, 6) is -1.23. The normalized spacial score (nSPS) is 12.6. The smallest absolute Gasteiger partial charge is 0.320 e. The fraction of sp³-hybridized carbons (Fsp3) is 0.400. The van der Waals surface area contributed by atoms with Crippen LogP contribution < -0.4 is 11.1 Å². The van der Waals surface area contributed by atoms with Crippen LogP contribution in [-0.4, -0.2) is 40.4 Å². The zero-order chi connectivity index (χ0) is 15.7. The molecule has 0 aliphatic carbocycles. The standard InChI is InChI=1S/C15H22N2O4/c16-8-2-1-5-12(15(20)21)17-9-3-4-11-6-7-13(18)14(19)10-11/h3-4,6-7,10,12,17-19H,1-2,5,8-9,16H2,(H,20,21)/b4-3+/t12-/m0/s1. The van der Waals surface area contributed by atoms with Gasteiger partial charge in [-0.15, -0.1) is 0 Å². The Balaban J connectivity index is 2.43. The van der Waals surface area contributed by atoms with Crippen molar-refractivity contribution in [3.8, 4) is 11.5 Å². The Hall–Kier alpha value is -2.05. The first-order chi connectivity index (χ1) is 10.0. The van der Waals surface area contributed by atoms with E-state index in [2.05, 4.69) is 5.32 Å². The maximum atomic E-state index is 11.1. The van der Waals surface area contributed by atoms with Crippen LogP contribution in [0.2, 0.25) is 0 Å². The predicted octanol–water partition coefficient (Wildman–Crippen LogP) is 1.28. The molecular weight excluding hydrogens is 272 g/mol. The summed E-state index contributed by atoms with van der Waals surface area (Å²) in [7, 11) is 0. The molecule has 0 fully saturated rings. The third-order valence-corrected chi connectivity index (χ3v) is 3.04. The zero-order valence-electron chi connectivity index (χ0n) is 11.8. The first-order valence-corrected chi connectivity index (χ1v) is 6.89. The van der Waals surface area contributed by atoms with Gasteiger partial charge < -0.3 is 26.4 Å². The minimum absolute atomic E-state index is 0.170. The van der Waals surface area contributed by atoms with E-state index in [1.165, 1.54) is 12.1 Å². The van der Waals surface area contributed by atoms with Gasteiger partial charge in [-0.3, -0.25) is 4.79 Å². The topological polar surface area (TPSA) is 116 Å². The van der Waals surface area contributed by atoms with Gasteiger partial charge in [-0.25, -0.2) is 0 Å². The van der Waals surface area contributed by atoms with Crippen molar-refractivity contribution < 1.29 is 20.1 Å². The number of carbonyl (C=O) groups is 1. The van der Waals surface area contributed by atoms with Crippen molar-refractivity contribution in [2.45, 2.75) is 25.3 Å². The van der Waals surface area contributed by atoms with Crippen LogP contribution in [0.3, 0.4) is 0 Å². The van der Waals surface area contributed by atoms with Gasteiger partial charge in [0.25, 0.3) is 0 Å². The van der Waals surface area contributed by atoms with Crippen LogP contribution in [-0.2, 0) is 4.79 Å². The van der Waals surface area contributed by atoms with Crippen molar-refractivity contribution in [3.05, 3.63) is 29.8 Å². The average molecular weight is 294 g/mol. The number of phenolic OH excluding ortho intramolecular Hbond substituents is 2. The number of aliphatic carboxylic acids is 1. The zero-order valence-corrected chi connectivity index (χ0v) is 11.8. The highest BCUT2D eigenvalue weighted by molar-refractivity contribution is 5.73. The van der Waals surface area contributed by atoms with E-state index in [0.29, 0.717) is 19.5 Å². The Bertz CT molecular complexity index is 489. The number of carboxylic acid groups (broad SMARTS) is 1. The molecule has 6 nitrogen and oxygen atoms in total. The lowest BCUT2D eigenvalue weighted by Crippen LogP contribution is -2.36. The number of aromatic hydroxyl groups is 2. The lowest BCUT2D eigenvalue weighted by molar-refractivity contribution is -0.139. The molecule has 1 rings (SSSR count). The molecule has 0 aliphatic rings. The fourth-order valence-corrected chi connectivity index (χ4v) is 1.86. The molecule has 0 aliphatic heterocycles. The first-order valence-electron chi connectivity index (χ1n) is 6.89. The Labute approximate surface area is 123 Å². The third-order valence-electron chi connectivity index (χ3n) is 3.04. The van der Waals surface area contributed by atoms with E-state index >= 15 is 0 Å². The van der Waals surface area contributed by atoms with E-state index in [1.807, 2.05) is 0 Å². The van der Waals surface area contributed by atoms with Crippen LogP contribution in [0.1, 0.15) is 24.8 Å². The Morgan fingerprint density at radius 2 is 2.05 bits per heavy atom. The molecule has 0 saturated carbocycles. The molecule has 0 saturated heterocycles. The second-order valence-electron chi connectivity index (χ2n) is 4.73. The van der Waals surface area contributed by atoms with Gasteiger partial charge in [-0.05, 0) is 37.1 Å². The van der Waals surface area contributed by atoms with E-state index in [1.54, 1.807) is 18.2 Å². The van der Waals surface area contributed by atoms with Crippen LogP contribution in [0.15, 0.2) is 24.3 Å². The fourth-order valence-electron chi connectivity index (χ4n) is 1.86. The minimum Gasteiger partial charge on any atom is -0.504 e. The molecule has 0 aromatic heterocycles. The Kier molecular flexibility index (Phi) is 7.28. The molecule has 6 N–H and O–H groups in total. The van der Waals surface area contributed by atoms with Crippen molar-refractivity contribution in [2.75, 3.05) is 13.1 Å². The predicted molar refractivity (Wildman–Crippen MR) is 81.1 cm³/mol. The lowest BCUT2D eigenvalue weighted by atomic mass is 10.1. The van der Waals surface area contributed by atoms with Crippen LogP contribution in [0.5, 0.6) is 11.5 Å². The van der Waals surface area contributed by atoms with E-state index in [4.69, 9.17) is 10.8 Å². The summed E-state index contributed by atoms with van der Waals surface area (Å²) in [6.45, 7) is 0.970. The third kappa shape index (κ3) is 6.29. The highest BCUT2D eigenvalue weighted by Crippen LogP contribution is 2.25. The van der Waals surface area contributed by atoms with Crippen molar-refractivity contribution >= 4 is 12.0 Å². The molecule has 6 heteroatoms. The summed E-state index contributed by atoms with van der Waals surface area (Å²) in [6.07, 6.45) is 5.64. The highest BCUT2D eigenvalue weighted by Gasteiger charge is 2.14. The number of hydrogen-bond donors (Lipinski definition) is 5. The maximum Gasteiger partial charge on any atom is 0.320 e. The summed E-state index contributed by atoms with van der Waals surface area (Å²) in [5.41, 5.74) is 6.11. The summed E-state index contributed by atoms with van der Waals surface area (Å²) in [6, 6.07) is 3.90. The van der Waals surface area contributed by atoms with E-state index in [9.17, 15) is 15.0 Å². The van der Waals surface area contributed by atoms with Gasteiger partial charge >= 0.3 is 5.97 Å². The number of unbranched alkanes of at least 4 members (excludes halogenated alkanes) is 1. The Morgan fingerprint density at radius 1 is 1.29 bits per heavy atom. The number of rotatable bonds is 9. The number of hydrogen-bond acceptors (Lipinski definition) is 5. The van der Waals surface area contributed by atoms with Gasteiger partial charge in [0.1, 0.15) is 6.04 Å². The van der Waals surface area contributed by atoms with Crippen molar-refractivity contribution in [1.82, 2.24) is 5.32 Å². The molecule has 0 unspecified atom stereocenters. The average Bonchev–Trinajstić information content (AvgIpc) is 2.45. The SMILES string of the molecule is NCCCC[C@H](NC/C=C/c1ccc(O)c(O)c1)C(=O)O. The largest absolute Gasteiger partial charge is 0.504 e. The van der Waals surface area contributed by atoms with Gasteiger partial charge in [-0.1, -0.05) is 24.6 Å². The number of phenols is 2. The minimum atomic E-state index is -0.873. The monoisotopic (exact) mass is 294 g/mol. The molecule has 1 aromatic carbocycles. The van der Waals surface area contributed by atoms with Crippen LogP contribution in [0.25, 0.3) is 6.08 Å². The summed E-state index contributed by atoms with van der Waals surface area (Å²) >= 11 is 0. The molecule has 0 radical (unpaired) electrons. The maximum absolute atomic E-state index is 11.1. The molecule has 0 heterocycles. The molecule has 0 bridgehead atoms. The molecule has 0 amide bonds. The molecular formula is C15H22N2O4. The first kappa shape index (κ1) is 17.0. The molecule has 21 heavy (non-hydrogen) atoms. The van der Waals surface area contributed by atoms with E-state index < -0.39 is 12.0 Å². The lowest BCUT2D eigenvalue weighted by Gasteiger charge is -2.12. The van der Waals surface area contributed by atoms with Gasteiger partial charge in [0.15, 0.2) is 11.5 Å². The second-order valence-corrected chi connectivity index (χ2v) is 4.73. The quantitative estimate of drug-likeness (QED) is 0.346. The van der Waals surface area contributed by atoms with Gasteiger partial charge in [-0.2, -0.15) is 0 Å². The van der Waals surface area contributed by atoms with Gasteiger partial charge in [0.05, 0.1) is 0 Å². The summed E-state index contributed by atoms with van der Waals surface area (Å²) in [4.78, 5) is 11.1. The van der Waals surface area contributed by atoms with Crippen molar-refractivity contribution in [3.63, 3.8) is 0 Å². The van der Waals surface area contributed by atoms with E-state index in [-0.39, 0.29) is 11.5 Å². The molecule has 1 aromatic rings. The summed E-state index contributed by atoms with van der Waals surface area (Å²) < 4.78 is 0. The number of nitrogens with one attached hydrogen (secondary N) is 1. The molecule has 0 spiro atoms. The van der Waals surface area contributed by atoms with Crippen molar-refractivity contribution in [2.24, 2.45) is 5.73 Å². The molecule has 1 atom stereocenters. The van der Waals surface area contributed by atoms with E-state index in [0.717, 1.165) is 18.4 Å². The van der Waals surface area contributed by atoms with Crippen LogP contribution in [0.4, 0.5) is 0 Å². The highest BCUT2D eigenvalue weighted by atomic mass is 16.4. The number of benzene rings is 1. The summed E-state index contributed by atoms with van der Waals surface area (Å²) in [5, 5.41) is 30.6. The van der Waals surface area contributed by atoms with Gasteiger partial charge in [0, 0.05) is 6.54 Å². The number of nitrogens with two attached hydrogens (primary N) is 1. The number of carboxylic acids is 1. The van der Waals surface area contributed by atoms with Gasteiger partial charge in [0.2, 0.25) is 0 Å².